The lowest BCUT2D eigenvalue weighted by molar-refractivity contribution is -0.276. The summed E-state index contributed by atoms with van der Waals surface area (Å²) in [5, 5.41) is 12.3. The fourth-order valence-corrected chi connectivity index (χ4v) is 6.43. The lowest BCUT2D eigenvalue weighted by Crippen LogP contribution is -2.48. The molecule has 0 bridgehead atoms. The van der Waals surface area contributed by atoms with Crippen LogP contribution in [0.4, 0.5) is 5.69 Å². The Morgan fingerprint density at radius 1 is 0.976 bits per heavy atom. The summed E-state index contributed by atoms with van der Waals surface area (Å²) < 4.78 is 18.3. The molecule has 2 aromatic rings. The van der Waals surface area contributed by atoms with Crippen molar-refractivity contribution in [3.8, 4) is 0 Å². The van der Waals surface area contributed by atoms with Crippen molar-refractivity contribution < 1.29 is 28.9 Å². The van der Waals surface area contributed by atoms with Crippen LogP contribution in [0.15, 0.2) is 48.5 Å². The van der Waals surface area contributed by atoms with Crippen LogP contribution in [0.1, 0.15) is 75.5 Å². The fraction of sp³-hybridized carbons (Fsp3) is 0.576. The summed E-state index contributed by atoms with van der Waals surface area (Å²) >= 11 is 0. The summed E-state index contributed by atoms with van der Waals surface area (Å²) in [6.45, 7) is 10.5. The first-order valence-electron chi connectivity index (χ1n) is 15.4. The summed E-state index contributed by atoms with van der Waals surface area (Å²) in [6, 6.07) is 16.0. The van der Waals surface area contributed by atoms with Crippen molar-refractivity contribution >= 4 is 17.6 Å². The van der Waals surface area contributed by atoms with E-state index in [9.17, 15) is 14.7 Å². The normalized spacial score (nSPS) is 27.6. The number of amides is 1. The van der Waals surface area contributed by atoms with E-state index < -0.39 is 24.3 Å². The first-order valence-corrected chi connectivity index (χ1v) is 15.4. The standard InChI is InChI=1S/C33H45N3O6/c1-22-30(20-36-18-6-7-29(36)19-35-16-4-5-17-35)41-33(42-31(22)26-10-8-25(21-37)9-11-26)27-12-14-28(15-13-27)34-32(39)23(2)40-24(3)38/h8-15,22-23,29-31,33,37H,4-7,16-21H2,1-3H3,(H,34,39). The predicted molar refractivity (Wildman–Crippen MR) is 160 cm³/mol. The van der Waals surface area contributed by atoms with Crippen LogP contribution < -0.4 is 5.32 Å². The van der Waals surface area contributed by atoms with E-state index in [2.05, 4.69) is 22.0 Å². The number of ether oxygens (including phenoxy) is 3. The maximum atomic E-state index is 12.4. The van der Waals surface area contributed by atoms with E-state index in [0.29, 0.717) is 11.7 Å². The van der Waals surface area contributed by atoms with Crippen LogP contribution in [-0.2, 0) is 30.4 Å². The summed E-state index contributed by atoms with van der Waals surface area (Å²) in [7, 11) is 0. The van der Waals surface area contributed by atoms with Gasteiger partial charge in [-0.1, -0.05) is 43.3 Å². The topological polar surface area (TPSA) is 101 Å². The quantitative estimate of drug-likeness (QED) is 0.399. The molecule has 2 N–H and O–H groups in total. The summed E-state index contributed by atoms with van der Waals surface area (Å²) in [5.41, 5.74) is 3.40. The molecule has 9 heteroatoms. The van der Waals surface area contributed by atoms with Crippen LogP contribution in [-0.4, -0.2) is 77.8 Å². The van der Waals surface area contributed by atoms with Crippen LogP contribution in [0.5, 0.6) is 0 Å². The third-order valence-electron chi connectivity index (χ3n) is 8.87. The Kier molecular flexibility index (Phi) is 10.3. The average molecular weight is 580 g/mol. The van der Waals surface area contributed by atoms with E-state index in [-0.39, 0.29) is 24.7 Å². The van der Waals surface area contributed by atoms with Crippen LogP contribution >= 0.6 is 0 Å². The van der Waals surface area contributed by atoms with Gasteiger partial charge < -0.3 is 29.5 Å². The summed E-state index contributed by atoms with van der Waals surface area (Å²) in [6.07, 6.45) is 3.39. The molecule has 1 amide bonds. The Morgan fingerprint density at radius 3 is 2.33 bits per heavy atom. The molecule has 3 aliphatic rings. The van der Waals surface area contributed by atoms with Crippen molar-refractivity contribution in [3.05, 3.63) is 65.2 Å². The zero-order valence-electron chi connectivity index (χ0n) is 25.0. The Hall–Kier alpha value is -2.82. The third-order valence-corrected chi connectivity index (χ3v) is 8.87. The van der Waals surface area contributed by atoms with Crippen molar-refractivity contribution in [2.24, 2.45) is 5.92 Å². The minimum Gasteiger partial charge on any atom is -0.453 e. The van der Waals surface area contributed by atoms with Crippen LogP contribution in [0.2, 0.25) is 0 Å². The first-order chi connectivity index (χ1) is 20.3. The molecule has 3 heterocycles. The second kappa shape index (κ2) is 14.1. The number of hydrogen-bond acceptors (Lipinski definition) is 8. The van der Waals surface area contributed by atoms with Gasteiger partial charge in [-0.2, -0.15) is 0 Å². The van der Waals surface area contributed by atoms with Crippen molar-refractivity contribution in [2.75, 3.05) is 38.0 Å². The number of benzene rings is 2. The Bertz CT molecular complexity index is 1180. The number of esters is 1. The van der Waals surface area contributed by atoms with Crippen molar-refractivity contribution in [2.45, 2.75) is 83.7 Å². The van der Waals surface area contributed by atoms with E-state index >= 15 is 0 Å². The Balaban J connectivity index is 1.32. The fourth-order valence-electron chi connectivity index (χ4n) is 6.43. The molecule has 3 saturated heterocycles. The smallest absolute Gasteiger partial charge is 0.303 e. The number of nitrogens with one attached hydrogen (secondary N) is 1. The number of aliphatic hydroxyl groups excluding tert-OH is 1. The van der Waals surface area contributed by atoms with E-state index in [1.54, 1.807) is 6.92 Å². The molecule has 9 nitrogen and oxygen atoms in total. The third kappa shape index (κ3) is 7.57. The van der Waals surface area contributed by atoms with Crippen molar-refractivity contribution in [1.29, 1.82) is 0 Å². The molecule has 42 heavy (non-hydrogen) atoms. The molecule has 0 saturated carbocycles. The van der Waals surface area contributed by atoms with Gasteiger partial charge in [0.25, 0.3) is 5.91 Å². The van der Waals surface area contributed by atoms with Crippen LogP contribution in [0.3, 0.4) is 0 Å². The molecule has 2 aromatic carbocycles. The largest absolute Gasteiger partial charge is 0.453 e. The van der Waals surface area contributed by atoms with Crippen LogP contribution in [0, 0.1) is 5.92 Å². The zero-order chi connectivity index (χ0) is 29.6. The van der Waals surface area contributed by atoms with Gasteiger partial charge in [0, 0.05) is 43.2 Å². The molecule has 0 spiro atoms. The molecule has 0 radical (unpaired) electrons. The van der Waals surface area contributed by atoms with E-state index in [1.165, 1.54) is 45.7 Å². The van der Waals surface area contributed by atoms with Gasteiger partial charge in [0.1, 0.15) is 0 Å². The number of hydrogen-bond donors (Lipinski definition) is 2. The SMILES string of the molecule is CC(=O)OC(C)C(=O)Nc1ccc(C2OC(CN3CCCC3CN3CCCC3)C(C)C(c3ccc(CO)cc3)O2)cc1. The molecule has 3 aliphatic heterocycles. The van der Waals surface area contributed by atoms with Crippen molar-refractivity contribution in [3.63, 3.8) is 0 Å². The molecular formula is C33H45N3O6. The number of likely N-dealkylation sites (tertiary alicyclic amines) is 2. The number of anilines is 1. The van der Waals surface area contributed by atoms with Crippen LogP contribution in [0.25, 0.3) is 0 Å². The van der Waals surface area contributed by atoms with E-state index in [4.69, 9.17) is 14.2 Å². The average Bonchev–Trinajstić information content (AvgIpc) is 3.67. The van der Waals surface area contributed by atoms with Gasteiger partial charge in [-0.25, -0.2) is 0 Å². The molecule has 6 unspecified atom stereocenters. The molecule has 6 atom stereocenters. The molecule has 0 aliphatic carbocycles. The molecule has 5 rings (SSSR count). The zero-order valence-corrected chi connectivity index (χ0v) is 25.0. The number of rotatable bonds is 10. The molecule has 0 aromatic heterocycles. The van der Waals surface area contributed by atoms with Crippen molar-refractivity contribution in [1.82, 2.24) is 9.80 Å². The van der Waals surface area contributed by atoms with E-state index in [0.717, 1.165) is 36.3 Å². The summed E-state index contributed by atoms with van der Waals surface area (Å²) in [5.74, 6) is -0.770. The van der Waals surface area contributed by atoms with Gasteiger partial charge in [0.05, 0.1) is 18.8 Å². The monoisotopic (exact) mass is 579 g/mol. The second-order valence-electron chi connectivity index (χ2n) is 12.0. The van der Waals surface area contributed by atoms with Gasteiger partial charge in [-0.05, 0) is 75.5 Å². The maximum absolute atomic E-state index is 12.4. The van der Waals surface area contributed by atoms with Gasteiger partial charge in [0.15, 0.2) is 12.4 Å². The maximum Gasteiger partial charge on any atom is 0.303 e. The summed E-state index contributed by atoms with van der Waals surface area (Å²) in [4.78, 5) is 28.8. The number of aliphatic hydroxyl groups is 1. The molecule has 3 fully saturated rings. The van der Waals surface area contributed by atoms with Gasteiger partial charge in [-0.15, -0.1) is 0 Å². The minimum atomic E-state index is -0.882. The number of carbonyl (C=O) groups excluding carboxylic acids is 2. The van der Waals surface area contributed by atoms with Gasteiger partial charge in [0.2, 0.25) is 0 Å². The van der Waals surface area contributed by atoms with Gasteiger partial charge in [-0.3, -0.25) is 14.5 Å². The second-order valence-corrected chi connectivity index (χ2v) is 12.0. The predicted octanol–water partition coefficient (Wildman–Crippen LogP) is 4.42. The highest BCUT2D eigenvalue weighted by atomic mass is 16.7. The Labute approximate surface area is 249 Å². The number of carbonyl (C=O) groups is 2. The first kappa shape index (κ1) is 30.6. The Morgan fingerprint density at radius 2 is 1.67 bits per heavy atom. The number of nitrogens with zero attached hydrogens (tertiary/aromatic N) is 2. The molecule has 228 valence electrons. The minimum absolute atomic E-state index is 0.00558. The lowest BCUT2D eigenvalue weighted by Gasteiger charge is -2.43. The van der Waals surface area contributed by atoms with Gasteiger partial charge >= 0.3 is 5.97 Å². The molecular weight excluding hydrogens is 534 g/mol. The van der Waals surface area contributed by atoms with E-state index in [1.807, 2.05) is 48.5 Å². The highest BCUT2D eigenvalue weighted by Gasteiger charge is 2.40. The lowest BCUT2D eigenvalue weighted by atomic mass is 9.90. The highest BCUT2D eigenvalue weighted by molar-refractivity contribution is 5.94. The highest BCUT2D eigenvalue weighted by Crippen LogP contribution is 2.42.